The molecule has 0 amide bonds. The standard InChI is InChI=1S/C48H36N2O2/c1-47(2)31-19-7-11-23-35(31)49(36-24-12-8-20-32(36)47)43-41-29-17-5-15-27-39(29)52-46(41)44(42-30-18-6-16-28-40(30)51-45(42)43)50-37-25-13-9-21-33(37)48(3,4)34-22-10-14-26-38(34)50/h5-28H,1-4H3. The SMILES string of the molecule is CC1(C)c2ccccc2N(c2c3oc4ccccc4c3c(N3c4ccccc4C(C)(C)c4ccccc43)c3oc4ccccc4c23)c2ccccc21. The van der Waals surface area contributed by atoms with Crippen molar-refractivity contribution in [3.05, 3.63) is 168 Å². The molecule has 7 aromatic carbocycles. The van der Waals surface area contributed by atoms with Gasteiger partial charge in [-0.05, 0) is 58.7 Å². The minimum atomic E-state index is -0.206. The van der Waals surface area contributed by atoms with Crippen LogP contribution in [0.25, 0.3) is 43.9 Å². The van der Waals surface area contributed by atoms with Crippen molar-refractivity contribution in [3.8, 4) is 0 Å². The zero-order valence-electron chi connectivity index (χ0n) is 29.6. The summed E-state index contributed by atoms with van der Waals surface area (Å²) in [4.78, 5) is 4.88. The maximum absolute atomic E-state index is 7.18. The van der Waals surface area contributed by atoms with Crippen LogP contribution in [0.15, 0.2) is 154 Å². The van der Waals surface area contributed by atoms with Crippen LogP contribution in [0.1, 0.15) is 49.9 Å². The third-order valence-electron chi connectivity index (χ3n) is 11.8. The number of furan rings is 2. The van der Waals surface area contributed by atoms with E-state index in [1.54, 1.807) is 0 Å². The molecule has 4 nitrogen and oxygen atoms in total. The van der Waals surface area contributed by atoms with Crippen LogP contribution < -0.4 is 9.80 Å². The molecule has 0 aliphatic carbocycles. The molecule has 52 heavy (non-hydrogen) atoms. The van der Waals surface area contributed by atoms with Crippen molar-refractivity contribution >= 4 is 78.0 Å². The minimum Gasteiger partial charge on any atom is -0.454 e. The molecule has 0 bridgehead atoms. The topological polar surface area (TPSA) is 32.8 Å². The normalized spacial score (nSPS) is 15.5. The third kappa shape index (κ3) is 3.66. The summed E-state index contributed by atoms with van der Waals surface area (Å²) in [5, 5.41) is 4.16. The van der Waals surface area contributed by atoms with E-state index in [-0.39, 0.29) is 10.8 Å². The summed E-state index contributed by atoms with van der Waals surface area (Å²) < 4.78 is 14.4. The predicted molar refractivity (Wildman–Crippen MR) is 215 cm³/mol. The Morgan fingerprint density at radius 2 is 0.654 bits per heavy atom. The van der Waals surface area contributed by atoms with Crippen molar-refractivity contribution in [2.24, 2.45) is 0 Å². The Bertz CT molecular complexity index is 2640. The number of rotatable bonds is 2. The largest absolute Gasteiger partial charge is 0.454 e. The first-order valence-corrected chi connectivity index (χ1v) is 18.1. The molecule has 0 N–H and O–H groups in total. The summed E-state index contributed by atoms with van der Waals surface area (Å²) >= 11 is 0. The van der Waals surface area contributed by atoms with Gasteiger partial charge < -0.3 is 18.6 Å². The van der Waals surface area contributed by atoms with E-state index in [4.69, 9.17) is 8.83 Å². The molecule has 9 aromatic rings. The Hall–Kier alpha value is -6.26. The van der Waals surface area contributed by atoms with Gasteiger partial charge in [0, 0.05) is 21.6 Å². The number of benzene rings is 7. The number of nitrogens with zero attached hydrogens (tertiary/aromatic N) is 2. The summed E-state index contributed by atoms with van der Waals surface area (Å²) in [7, 11) is 0. The molecule has 0 saturated heterocycles. The molecule has 11 rings (SSSR count). The fraction of sp³-hybridized carbons (Fsp3) is 0.125. The van der Waals surface area contributed by atoms with Gasteiger partial charge in [0.15, 0.2) is 11.2 Å². The Morgan fingerprint density at radius 3 is 1.00 bits per heavy atom. The fourth-order valence-electron chi connectivity index (χ4n) is 9.37. The van der Waals surface area contributed by atoms with Gasteiger partial charge in [0.1, 0.15) is 22.5 Å². The van der Waals surface area contributed by atoms with Crippen LogP contribution in [0.2, 0.25) is 0 Å². The van der Waals surface area contributed by atoms with Crippen LogP contribution in [0.3, 0.4) is 0 Å². The molecule has 2 aromatic heterocycles. The summed E-state index contributed by atoms with van der Waals surface area (Å²) in [5.74, 6) is 0. The predicted octanol–water partition coefficient (Wildman–Crippen LogP) is 13.7. The van der Waals surface area contributed by atoms with Gasteiger partial charge in [-0.15, -0.1) is 0 Å². The highest BCUT2D eigenvalue weighted by Crippen LogP contribution is 2.61. The maximum atomic E-state index is 7.18. The summed E-state index contributed by atoms with van der Waals surface area (Å²) in [5.41, 5.74) is 14.6. The van der Waals surface area contributed by atoms with E-state index >= 15 is 0 Å². The van der Waals surface area contributed by atoms with Gasteiger partial charge in [0.05, 0.1) is 33.5 Å². The molecule has 2 aliphatic rings. The van der Waals surface area contributed by atoms with Crippen LogP contribution in [-0.2, 0) is 10.8 Å². The average molecular weight is 673 g/mol. The zero-order valence-corrected chi connectivity index (χ0v) is 29.6. The maximum Gasteiger partial charge on any atom is 0.162 e. The van der Waals surface area contributed by atoms with E-state index in [0.29, 0.717) is 0 Å². The Balaban J connectivity index is 1.38. The van der Waals surface area contributed by atoms with Gasteiger partial charge in [-0.1, -0.05) is 137 Å². The van der Waals surface area contributed by atoms with Crippen molar-refractivity contribution in [2.75, 3.05) is 9.80 Å². The number of fused-ring (bicyclic) bond motifs is 10. The van der Waals surface area contributed by atoms with Gasteiger partial charge in [0.2, 0.25) is 0 Å². The molecule has 250 valence electrons. The third-order valence-corrected chi connectivity index (χ3v) is 11.8. The highest BCUT2D eigenvalue weighted by molar-refractivity contribution is 6.31. The Kier molecular flexibility index (Phi) is 5.76. The molecule has 4 heterocycles. The quantitative estimate of drug-likeness (QED) is 0.183. The van der Waals surface area contributed by atoms with Gasteiger partial charge >= 0.3 is 0 Å². The van der Waals surface area contributed by atoms with Crippen LogP contribution in [-0.4, -0.2) is 0 Å². The molecule has 4 heteroatoms. The Morgan fingerprint density at radius 1 is 0.365 bits per heavy atom. The number of anilines is 6. The van der Waals surface area contributed by atoms with Crippen LogP contribution in [0, 0.1) is 0 Å². The molecule has 0 saturated carbocycles. The van der Waals surface area contributed by atoms with Crippen LogP contribution >= 0.6 is 0 Å². The van der Waals surface area contributed by atoms with Gasteiger partial charge in [-0.2, -0.15) is 0 Å². The molecule has 0 fully saturated rings. The van der Waals surface area contributed by atoms with E-state index in [2.05, 4.69) is 183 Å². The van der Waals surface area contributed by atoms with Crippen molar-refractivity contribution < 1.29 is 8.83 Å². The van der Waals surface area contributed by atoms with Gasteiger partial charge in [0.25, 0.3) is 0 Å². The first-order chi connectivity index (χ1) is 25.4. The van der Waals surface area contributed by atoms with Gasteiger partial charge in [-0.25, -0.2) is 0 Å². The monoisotopic (exact) mass is 672 g/mol. The number of hydrogen-bond acceptors (Lipinski definition) is 4. The van der Waals surface area contributed by atoms with Crippen LogP contribution in [0.5, 0.6) is 0 Å². The lowest BCUT2D eigenvalue weighted by atomic mass is 9.73. The molecule has 0 unspecified atom stereocenters. The second-order valence-corrected chi connectivity index (χ2v) is 15.3. The highest BCUT2D eigenvalue weighted by atomic mass is 16.3. The molecule has 2 aliphatic heterocycles. The van der Waals surface area contributed by atoms with E-state index < -0.39 is 0 Å². The zero-order chi connectivity index (χ0) is 34.9. The molecule has 0 radical (unpaired) electrons. The summed E-state index contributed by atoms with van der Waals surface area (Å²) in [6, 6.07) is 52.2. The van der Waals surface area contributed by atoms with E-state index in [9.17, 15) is 0 Å². The lowest BCUT2D eigenvalue weighted by molar-refractivity contribution is 0.629. The summed E-state index contributed by atoms with van der Waals surface area (Å²) in [6.45, 7) is 9.32. The average Bonchev–Trinajstić information content (AvgIpc) is 3.75. The van der Waals surface area contributed by atoms with E-state index in [0.717, 1.165) is 78.0 Å². The smallest absolute Gasteiger partial charge is 0.162 e. The molecule has 0 atom stereocenters. The lowest BCUT2D eigenvalue weighted by Gasteiger charge is -2.43. The second-order valence-electron chi connectivity index (χ2n) is 15.3. The first-order valence-electron chi connectivity index (χ1n) is 18.1. The second kappa shape index (κ2) is 10.2. The summed E-state index contributed by atoms with van der Waals surface area (Å²) in [6.07, 6.45) is 0. The van der Waals surface area contributed by atoms with Crippen molar-refractivity contribution in [1.82, 2.24) is 0 Å². The minimum absolute atomic E-state index is 0.206. The van der Waals surface area contributed by atoms with E-state index in [1.807, 2.05) is 0 Å². The first kappa shape index (κ1) is 29.5. The molecular formula is C48H36N2O2. The fourth-order valence-corrected chi connectivity index (χ4v) is 9.37. The molecular weight excluding hydrogens is 637 g/mol. The van der Waals surface area contributed by atoms with Crippen molar-refractivity contribution in [3.63, 3.8) is 0 Å². The van der Waals surface area contributed by atoms with Crippen molar-refractivity contribution in [1.29, 1.82) is 0 Å². The van der Waals surface area contributed by atoms with Crippen molar-refractivity contribution in [2.45, 2.75) is 38.5 Å². The highest BCUT2D eigenvalue weighted by Gasteiger charge is 2.42. The Labute approximate surface area is 302 Å². The molecule has 0 spiro atoms. The lowest BCUT2D eigenvalue weighted by Crippen LogP contribution is -2.31. The number of para-hydroxylation sites is 6. The van der Waals surface area contributed by atoms with Gasteiger partial charge in [-0.3, -0.25) is 0 Å². The van der Waals surface area contributed by atoms with Crippen LogP contribution in [0.4, 0.5) is 34.1 Å². The van der Waals surface area contributed by atoms with E-state index in [1.165, 1.54) is 22.3 Å². The number of hydrogen-bond donors (Lipinski definition) is 0.